The van der Waals surface area contributed by atoms with Crippen LogP contribution in [0.1, 0.15) is 16.9 Å². The van der Waals surface area contributed by atoms with Gasteiger partial charge in [0.1, 0.15) is 17.2 Å². The van der Waals surface area contributed by atoms with E-state index < -0.39 is 9.84 Å². The van der Waals surface area contributed by atoms with Gasteiger partial charge in [0.2, 0.25) is 0 Å². The molecule has 1 atom stereocenters. The largest absolute Gasteiger partial charge is 0.497 e. The normalized spacial score (nSPS) is 19.7. The van der Waals surface area contributed by atoms with Crippen molar-refractivity contribution in [3.63, 3.8) is 0 Å². The van der Waals surface area contributed by atoms with Gasteiger partial charge in [-0.25, -0.2) is 8.42 Å². The quantitative estimate of drug-likeness (QED) is 0.870. The maximum absolute atomic E-state index is 12.3. The standard InChI is InChI=1S/C15H18N2O5S/c1-21-11-5-9-6-12(17-14(9)13(7-11)22-2)15(18)16-10-3-4-23(19,20)8-10/h5-7,10,17H,3-4,8H2,1-2H3,(H,16,18)/t10-/m0/s1. The van der Waals surface area contributed by atoms with Gasteiger partial charge in [-0.05, 0) is 18.6 Å². The molecule has 1 amide bonds. The highest BCUT2D eigenvalue weighted by atomic mass is 32.2. The second-order valence-electron chi connectivity index (χ2n) is 5.55. The van der Waals surface area contributed by atoms with Crippen molar-refractivity contribution in [3.05, 3.63) is 23.9 Å². The Bertz CT molecular complexity index is 856. The fourth-order valence-corrected chi connectivity index (χ4v) is 4.43. The third-order valence-electron chi connectivity index (χ3n) is 3.93. The van der Waals surface area contributed by atoms with Gasteiger partial charge < -0.3 is 19.8 Å². The molecule has 8 heteroatoms. The Morgan fingerprint density at radius 3 is 2.65 bits per heavy atom. The molecule has 1 aromatic carbocycles. The van der Waals surface area contributed by atoms with Crippen molar-refractivity contribution >= 4 is 26.6 Å². The Labute approximate surface area is 133 Å². The van der Waals surface area contributed by atoms with Crippen LogP contribution in [0, 0.1) is 0 Å². The Hall–Kier alpha value is -2.22. The summed E-state index contributed by atoms with van der Waals surface area (Å²) in [7, 11) is 0.0678. The summed E-state index contributed by atoms with van der Waals surface area (Å²) < 4.78 is 33.4. The molecule has 0 saturated carbocycles. The van der Waals surface area contributed by atoms with Crippen molar-refractivity contribution in [2.75, 3.05) is 25.7 Å². The number of sulfone groups is 1. The van der Waals surface area contributed by atoms with Crippen molar-refractivity contribution in [1.82, 2.24) is 10.3 Å². The summed E-state index contributed by atoms with van der Waals surface area (Å²) >= 11 is 0. The van der Waals surface area contributed by atoms with Crippen molar-refractivity contribution in [2.24, 2.45) is 0 Å². The van der Waals surface area contributed by atoms with Crippen LogP contribution in [0.5, 0.6) is 11.5 Å². The van der Waals surface area contributed by atoms with E-state index in [4.69, 9.17) is 9.47 Å². The number of aromatic nitrogens is 1. The lowest BCUT2D eigenvalue weighted by atomic mass is 10.2. The molecule has 1 aliphatic rings. The predicted molar refractivity (Wildman–Crippen MR) is 85.9 cm³/mol. The zero-order valence-electron chi connectivity index (χ0n) is 12.9. The summed E-state index contributed by atoms with van der Waals surface area (Å²) in [6.07, 6.45) is 0.450. The lowest BCUT2D eigenvalue weighted by Crippen LogP contribution is -2.35. The first kappa shape index (κ1) is 15.7. The average molecular weight is 338 g/mol. The topological polar surface area (TPSA) is 97.5 Å². The van der Waals surface area contributed by atoms with Crippen LogP contribution in [0.4, 0.5) is 0 Å². The first-order chi connectivity index (χ1) is 10.9. The van der Waals surface area contributed by atoms with E-state index in [2.05, 4.69) is 10.3 Å². The van der Waals surface area contributed by atoms with Gasteiger partial charge in [0, 0.05) is 17.5 Å². The molecule has 1 aliphatic heterocycles. The highest BCUT2D eigenvalue weighted by Crippen LogP contribution is 2.31. The van der Waals surface area contributed by atoms with Gasteiger partial charge in [-0.15, -0.1) is 0 Å². The lowest BCUT2D eigenvalue weighted by molar-refractivity contribution is 0.0937. The van der Waals surface area contributed by atoms with Crippen molar-refractivity contribution in [2.45, 2.75) is 12.5 Å². The predicted octanol–water partition coefficient (Wildman–Crippen LogP) is 1.10. The molecule has 2 aromatic rings. The monoisotopic (exact) mass is 338 g/mol. The zero-order valence-corrected chi connectivity index (χ0v) is 13.7. The van der Waals surface area contributed by atoms with E-state index >= 15 is 0 Å². The minimum Gasteiger partial charge on any atom is -0.497 e. The van der Waals surface area contributed by atoms with Gasteiger partial charge in [0.15, 0.2) is 9.84 Å². The highest BCUT2D eigenvalue weighted by Gasteiger charge is 2.29. The molecule has 1 saturated heterocycles. The SMILES string of the molecule is COc1cc(OC)c2[nH]c(C(=O)N[C@H]3CCS(=O)(=O)C3)cc2c1. The molecular weight excluding hydrogens is 320 g/mol. The molecule has 2 N–H and O–H groups in total. The lowest BCUT2D eigenvalue weighted by Gasteiger charge is -2.09. The summed E-state index contributed by atoms with van der Waals surface area (Å²) in [6.45, 7) is 0. The van der Waals surface area contributed by atoms with E-state index in [1.807, 2.05) is 0 Å². The van der Waals surface area contributed by atoms with Gasteiger partial charge >= 0.3 is 0 Å². The van der Waals surface area contributed by atoms with E-state index in [9.17, 15) is 13.2 Å². The molecule has 23 heavy (non-hydrogen) atoms. The first-order valence-corrected chi connectivity index (χ1v) is 9.00. The molecule has 0 bridgehead atoms. The minimum atomic E-state index is -3.03. The Kier molecular flexibility index (Phi) is 3.93. The van der Waals surface area contributed by atoms with Crippen LogP contribution < -0.4 is 14.8 Å². The van der Waals surface area contributed by atoms with Crippen molar-refractivity contribution in [1.29, 1.82) is 0 Å². The number of H-pyrrole nitrogens is 1. The fraction of sp³-hybridized carbons (Fsp3) is 0.400. The number of rotatable bonds is 4. The van der Waals surface area contributed by atoms with Crippen LogP contribution in [-0.4, -0.2) is 51.1 Å². The highest BCUT2D eigenvalue weighted by molar-refractivity contribution is 7.91. The molecule has 1 fully saturated rings. The fourth-order valence-electron chi connectivity index (χ4n) is 2.76. The van der Waals surface area contributed by atoms with Crippen LogP contribution in [-0.2, 0) is 9.84 Å². The smallest absolute Gasteiger partial charge is 0.267 e. The van der Waals surface area contributed by atoms with E-state index in [1.54, 1.807) is 25.3 Å². The number of carbonyl (C=O) groups is 1. The van der Waals surface area contributed by atoms with Crippen LogP contribution in [0.2, 0.25) is 0 Å². The summed E-state index contributed by atoms with van der Waals surface area (Å²) in [6, 6.07) is 4.88. The molecular formula is C15H18N2O5S. The molecule has 0 unspecified atom stereocenters. The van der Waals surface area contributed by atoms with Gasteiger partial charge in [-0.1, -0.05) is 0 Å². The van der Waals surface area contributed by atoms with Crippen molar-refractivity contribution < 1.29 is 22.7 Å². The van der Waals surface area contributed by atoms with E-state index in [0.717, 1.165) is 5.39 Å². The van der Waals surface area contributed by atoms with E-state index in [0.29, 0.717) is 29.1 Å². The van der Waals surface area contributed by atoms with Gasteiger partial charge in [0.05, 0.1) is 31.2 Å². The van der Waals surface area contributed by atoms with E-state index in [-0.39, 0.29) is 23.5 Å². The zero-order chi connectivity index (χ0) is 16.6. The third kappa shape index (κ3) is 3.12. The van der Waals surface area contributed by atoms with Crippen LogP contribution in [0.3, 0.4) is 0 Å². The molecule has 0 spiro atoms. The van der Waals surface area contributed by atoms with Crippen LogP contribution >= 0.6 is 0 Å². The van der Waals surface area contributed by atoms with Crippen LogP contribution in [0.15, 0.2) is 18.2 Å². The molecule has 3 rings (SSSR count). The number of aromatic amines is 1. The summed E-state index contributed by atoms with van der Waals surface area (Å²) in [4.78, 5) is 15.3. The number of carbonyl (C=O) groups excluding carboxylic acids is 1. The van der Waals surface area contributed by atoms with Crippen molar-refractivity contribution in [3.8, 4) is 11.5 Å². The van der Waals surface area contributed by atoms with Gasteiger partial charge in [-0.3, -0.25) is 4.79 Å². The number of methoxy groups -OCH3 is 2. The molecule has 0 radical (unpaired) electrons. The second-order valence-corrected chi connectivity index (χ2v) is 7.78. The second kappa shape index (κ2) is 5.77. The minimum absolute atomic E-state index is 0.00386. The number of nitrogens with one attached hydrogen (secondary N) is 2. The maximum atomic E-state index is 12.3. The number of benzene rings is 1. The molecule has 124 valence electrons. The Balaban J connectivity index is 1.86. The molecule has 7 nitrogen and oxygen atoms in total. The maximum Gasteiger partial charge on any atom is 0.267 e. The Morgan fingerprint density at radius 1 is 1.26 bits per heavy atom. The summed E-state index contributed by atoms with van der Waals surface area (Å²) in [5.41, 5.74) is 1.05. The summed E-state index contributed by atoms with van der Waals surface area (Å²) in [5.74, 6) is 0.986. The van der Waals surface area contributed by atoms with Gasteiger partial charge in [-0.2, -0.15) is 0 Å². The number of hydrogen-bond acceptors (Lipinski definition) is 5. The number of fused-ring (bicyclic) bond motifs is 1. The Morgan fingerprint density at radius 2 is 2.04 bits per heavy atom. The van der Waals surface area contributed by atoms with Gasteiger partial charge in [0.25, 0.3) is 5.91 Å². The number of amides is 1. The molecule has 2 heterocycles. The molecule has 0 aliphatic carbocycles. The first-order valence-electron chi connectivity index (χ1n) is 7.18. The number of ether oxygens (including phenoxy) is 2. The van der Waals surface area contributed by atoms with E-state index in [1.165, 1.54) is 7.11 Å². The average Bonchev–Trinajstić information content (AvgIpc) is 3.09. The third-order valence-corrected chi connectivity index (χ3v) is 5.70. The number of hydrogen-bond donors (Lipinski definition) is 2. The summed E-state index contributed by atoms with van der Waals surface area (Å²) in [5, 5.41) is 3.54. The molecule has 1 aromatic heterocycles. The van der Waals surface area contributed by atoms with Crippen LogP contribution in [0.25, 0.3) is 10.9 Å².